The summed E-state index contributed by atoms with van der Waals surface area (Å²) < 4.78 is 2.26. The Hall–Kier alpha value is -2.26. The van der Waals surface area contributed by atoms with E-state index >= 15 is 0 Å². The van der Waals surface area contributed by atoms with Crippen LogP contribution < -0.4 is 0 Å². The van der Waals surface area contributed by atoms with E-state index in [-0.39, 0.29) is 11.8 Å². The van der Waals surface area contributed by atoms with E-state index in [1.807, 2.05) is 24.3 Å². The van der Waals surface area contributed by atoms with Crippen molar-refractivity contribution in [3.63, 3.8) is 0 Å². The predicted octanol–water partition coefficient (Wildman–Crippen LogP) is 5.75. The quantitative estimate of drug-likeness (QED) is 0.732. The maximum Gasteiger partial charge on any atom is 0.309 e. The van der Waals surface area contributed by atoms with Gasteiger partial charge >= 0.3 is 5.97 Å². The van der Waals surface area contributed by atoms with Crippen molar-refractivity contribution >= 4 is 23.1 Å². The standard InChI is InChI=1S/C23H24ClNO2/c1-23(2)13-19-22(15-6-4-3-5-7-15)21(16-8-10-17(24)11-9-16)18(12-20(26)27)25(19)14-23/h4,6-11H,3,5,12-14H2,1-2H3,(H,26,27). The highest BCUT2D eigenvalue weighted by Crippen LogP contribution is 2.46. The Bertz CT molecular complexity index is 961. The van der Waals surface area contributed by atoms with Crippen LogP contribution in [0.1, 0.15) is 43.6 Å². The van der Waals surface area contributed by atoms with Gasteiger partial charge in [0.05, 0.1) is 6.42 Å². The van der Waals surface area contributed by atoms with Crippen LogP contribution in [0, 0.1) is 5.41 Å². The molecule has 3 nitrogen and oxygen atoms in total. The number of carboxylic acid groups (broad SMARTS) is 1. The van der Waals surface area contributed by atoms with E-state index in [1.54, 1.807) is 0 Å². The second kappa shape index (κ2) is 6.72. The van der Waals surface area contributed by atoms with Crippen molar-refractivity contribution in [2.75, 3.05) is 0 Å². The molecule has 4 rings (SSSR count). The topological polar surface area (TPSA) is 42.2 Å². The molecule has 0 radical (unpaired) electrons. The molecule has 140 valence electrons. The lowest BCUT2D eigenvalue weighted by Crippen LogP contribution is -2.15. The first-order chi connectivity index (χ1) is 12.9. The van der Waals surface area contributed by atoms with Crippen LogP contribution in [-0.4, -0.2) is 15.6 Å². The number of allylic oxidation sites excluding steroid dienone is 4. The maximum atomic E-state index is 11.7. The average Bonchev–Trinajstić information content (AvgIpc) is 3.07. The lowest BCUT2D eigenvalue weighted by atomic mass is 9.85. The second-order valence-corrected chi connectivity index (χ2v) is 8.72. The van der Waals surface area contributed by atoms with E-state index in [0.717, 1.165) is 42.6 Å². The Labute approximate surface area is 165 Å². The fraction of sp³-hybridized carbons (Fsp3) is 0.348. The molecule has 1 aromatic heterocycles. The summed E-state index contributed by atoms with van der Waals surface area (Å²) in [6, 6.07) is 7.76. The molecule has 0 spiro atoms. The first-order valence-corrected chi connectivity index (χ1v) is 9.82. The molecule has 0 fully saturated rings. The van der Waals surface area contributed by atoms with Gasteiger partial charge in [-0.1, -0.05) is 55.8 Å². The molecule has 1 aromatic carbocycles. The number of fused-ring (bicyclic) bond motifs is 1. The fourth-order valence-corrected chi connectivity index (χ4v) is 4.52. The molecule has 0 saturated carbocycles. The number of halogens is 1. The molecule has 0 bridgehead atoms. The molecular formula is C23H24ClNO2. The fourth-order valence-electron chi connectivity index (χ4n) is 4.40. The zero-order valence-electron chi connectivity index (χ0n) is 15.8. The van der Waals surface area contributed by atoms with Crippen LogP contribution in [0.15, 0.2) is 42.5 Å². The lowest BCUT2D eigenvalue weighted by molar-refractivity contribution is -0.136. The Kier molecular flexibility index (Phi) is 4.51. The Balaban J connectivity index is 2.00. The number of hydrogen-bond donors (Lipinski definition) is 1. The van der Waals surface area contributed by atoms with Crippen molar-refractivity contribution < 1.29 is 9.90 Å². The lowest BCUT2D eigenvalue weighted by Gasteiger charge is -2.19. The number of hydrogen-bond acceptors (Lipinski definition) is 1. The molecule has 0 unspecified atom stereocenters. The van der Waals surface area contributed by atoms with Gasteiger partial charge in [0.25, 0.3) is 0 Å². The first kappa shape index (κ1) is 18.1. The van der Waals surface area contributed by atoms with Crippen LogP contribution in [0.2, 0.25) is 5.02 Å². The largest absolute Gasteiger partial charge is 0.481 e. The number of aromatic nitrogens is 1. The van der Waals surface area contributed by atoms with Crippen molar-refractivity contribution in [2.45, 2.75) is 46.1 Å². The molecule has 1 aliphatic carbocycles. The minimum Gasteiger partial charge on any atom is -0.481 e. The molecule has 4 heteroatoms. The van der Waals surface area contributed by atoms with Crippen LogP contribution in [-0.2, 0) is 24.2 Å². The number of carbonyl (C=O) groups is 1. The number of nitrogens with zero attached hydrogens (tertiary/aromatic N) is 1. The first-order valence-electron chi connectivity index (χ1n) is 9.45. The molecule has 2 aliphatic rings. The van der Waals surface area contributed by atoms with Gasteiger partial charge in [-0.2, -0.15) is 0 Å². The molecule has 0 amide bonds. The van der Waals surface area contributed by atoms with Gasteiger partial charge in [0.1, 0.15) is 0 Å². The van der Waals surface area contributed by atoms with Crippen LogP contribution >= 0.6 is 11.6 Å². The van der Waals surface area contributed by atoms with Crippen molar-refractivity contribution in [1.29, 1.82) is 0 Å². The van der Waals surface area contributed by atoms with Gasteiger partial charge < -0.3 is 9.67 Å². The highest BCUT2D eigenvalue weighted by molar-refractivity contribution is 6.30. The van der Waals surface area contributed by atoms with Gasteiger partial charge in [-0.25, -0.2) is 0 Å². The summed E-state index contributed by atoms with van der Waals surface area (Å²) in [7, 11) is 0. The Morgan fingerprint density at radius 1 is 1.19 bits per heavy atom. The summed E-state index contributed by atoms with van der Waals surface area (Å²) in [5.74, 6) is -0.796. The molecule has 27 heavy (non-hydrogen) atoms. The minimum atomic E-state index is -0.796. The van der Waals surface area contributed by atoms with E-state index in [2.05, 4.69) is 36.6 Å². The van der Waals surface area contributed by atoms with Crippen LogP contribution in [0.5, 0.6) is 0 Å². The third-order valence-electron chi connectivity index (χ3n) is 5.45. The smallest absolute Gasteiger partial charge is 0.309 e. The molecule has 0 saturated heterocycles. The summed E-state index contributed by atoms with van der Waals surface area (Å²) in [6.45, 7) is 5.35. The van der Waals surface area contributed by atoms with E-state index in [1.165, 1.54) is 16.8 Å². The Morgan fingerprint density at radius 2 is 1.93 bits per heavy atom. The van der Waals surface area contributed by atoms with Gasteiger partial charge in [0, 0.05) is 34.1 Å². The van der Waals surface area contributed by atoms with Crippen LogP contribution in [0.25, 0.3) is 16.7 Å². The molecule has 1 aliphatic heterocycles. The zero-order valence-corrected chi connectivity index (χ0v) is 16.5. The summed E-state index contributed by atoms with van der Waals surface area (Å²) in [6.07, 6.45) is 9.74. The number of carboxylic acids is 1. The van der Waals surface area contributed by atoms with Crippen molar-refractivity contribution in [1.82, 2.24) is 4.57 Å². The zero-order chi connectivity index (χ0) is 19.2. The summed E-state index contributed by atoms with van der Waals surface area (Å²) in [5.41, 5.74) is 6.80. The van der Waals surface area contributed by atoms with Crippen LogP contribution in [0.4, 0.5) is 0 Å². The maximum absolute atomic E-state index is 11.7. The van der Waals surface area contributed by atoms with Gasteiger partial charge in [0.15, 0.2) is 0 Å². The summed E-state index contributed by atoms with van der Waals surface area (Å²) in [4.78, 5) is 11.7. The molecule has 2 heterocycles. The van der Waals surface area contributed by atoms with Crippen molar-refractivity contribution in [2.24, 2.45) is 5.41 Å². The molecule has 0 atom stereocenters. The summed E-state index contributed by atoms with van der Waals surface area (Å²) >= 11 is 6.10. The van der Waals surface area contributed by atoms with Crippen LogP contribution in [0.3, 0.4) is 0 Å². The van der Waals surface area contributed by atoms with Crippen molar-refractivity contribution in [3.05, 3.63) is 64.5 Å². The number of rotatable bonds is 4. The van der Waals surface area contributed by atoms with E-state index in [0.29, 0.717) is 5.02 Å². The highest BCUT2D eigenvalue weighted by Gasteiger charge is 2.36. The summed E-state index contributed by atoms with van der Waals surface area (Å²) in [5, 5.41) is 10.3. The molecular weight excluding hydrogens is 358 g/mol. The SMILES string of the molecule is CC1(C)Cc2c(C3=CCCC=C3)c(-c3ccc(Cl)cc3)c(CC(=O)O)n2C1. The van der Waals surface area contributed by atoms with E-state index in [9.17, 15) is 9.90 Å². The number of benzene rings is 1. The third kappa shape index (κ3) is 3.37. The number of aliphatic carboxylic acids is 1. The van der Waals surface area contributed by atoms with Gasteiger partial charge in [-0.3, -0.25) is 4.79 Å². The molecule has 2 aromatic rings. The predicted molar refractivity (Wildman–Crippen MR) is 110 cm³/mol. The molecule has 1 N–H and O–H groups in total. The Morgan fingerprint density at radius 3 is 2.56 bits per heavy atom. The van der Waals surface area contributed by atoms with Gasteiger partial charge in [-0.05, 0) is 47.9 Å². The minimum absolute atomic E-state index is 0.0258. The third-order valence-corrected chi connectivity index (χ3v) is 5.70. The van der Waals surface area contributed by atoms with E-state index < -0.39 is 5.97 Å². The van der Waals surface area contributed by atoms with E-state index in [4.69, 9.17) is 11.6 Å². The van der Waals surface area contributed by atoms with Gasteiger partial charge in [-0.15, -0.1) is 0 Å². The van der Waals surface area contributed by atoms with Gasteiger partial charge in [0.2, 0.25) is 0 Å². The second-order valence-electron chi connectivity index (χ2n) is 8.29. The highest BCUT2D eigenvalue weighted by atomic mass is 35.5. The normalized spacial score (nSPS) is 17.7. The van der Waals surface area contributed by atoms with Crippen molar-refractivity contribution in [3.8, 4) is 11.1 Å². The average molecular weight is 382 g/mol. The monoisotopic (exact) mass is 381 g/mol.